The van der Waals surface area contributed by atoms with Gasteiger partial charge in [-0.05, 0) is 49.4 Å². The predicted octanol–water partition coefficient (Wildman–Crippen LogP) is 17.4. The Hall–Kier alpha value is -1.94. The van der Waals surface area contributed by atoms with Gasteiger partial charge in [0.25, 0.3) is 0 Å². The predicted molar refractivity (Wildman–Crippen MR) is 331 cm³/mol. The average molecular weight is 1230 g/mol. The maximum atomic E-state index is 13.0. The Balaban J connectivity index is 5.22. The van der Waals surface area contributed by atoms with Crippen LogP contribution in [0, 0.1) is 23.7 Å². The molecular formula is C64H124O17P2. The number of phosphoric ester groups is 2. The minimum absolute atomic E-state index is 0.101. The number of hydrogen-bond donors (Lipinski definition) is 3. The molecular weight excluding hydrogens is 1100 g/mol. The minimum Gasteiger partial charge on any atom is -0.462 e. The fourth-order valence-corrected chi connectivity index (χ4v) is 11.0. The maximum absolute atomic E-state index is 13.0. The van der Waals surface area contributed by atoms with Gasteiger partial charge in [0.1, 0.15) is 19.3 Å². The molecule has 0 saturated heterocycles. The van der Waals surface area contributed by atoms with Crippen LogP contribution in [0.1, 0.15) is 306 Å². The molecule has 0 aliphatic heterocycles. The number of rotatable bonds is 61. The summed E-state index contributed by atoms with van der Waals surface area (Å²) >= 11 is 0. The van der Waals surface area contributed by atoms with Crippen LogP contribution in [0.5, 0.6) is 0 Å². The van der Waals surface area contributed by atoms with E-state index in [1.165, 1.54) is 96.3 Å². The first kappa shape index (κ1) is 81.1. The van der Waals surface area contributed by atoms with E-state index in [9.17, 15) is 43.2 Å². The third kappa shape index (κ3) is 58.8. The summed E-state index contributed by atoms with van der Waals surface area (Å²) in [6, 6.07) is 0. The van der Waals surface area contributed by atoms with Crippen molar-refractivity contribution in [3.05, 3.63) is 0 Å². The van der Waals surface area contributed by atoms with Crippen LogP contribution >= 0.6 is 15.6 Å². The van der Waals surface area contributed by atoms with E-state index in [4.69, 9.17) is 37.0 Å². The van der Waals surface area contributed by atoms with E-state index in [0.29, 0.717) is 43.4 Å². The first-order valence-corrected chi connectivity index (χ1v) is 36.2. The number of aliphatic hydroxyl groups excluding tert-OH is 1. The van der Waals surface area contributed by atoms with Crippen molar-refractivity contribution in [2.75, 3.05) is 39.6 Å². The fraction of sp³-hybridized carbons (Fsp3) is 0.938. The van der Waals surface area contributed by atoms with Gasteiger partial charge in [0.15, 0.2) is 12.2 Å². The molecule has 0 amide bonds. The lowest BCUT2D eigenvalue weighted by Gasteiger charge is -2.21. The van der Waals surface area contributed by atoms with Crippen LogP contribution in [0.3, 0.4) is 0 Å². The van der Waals surface area contributed by atoms with Crippen molar-refractivity contribution < 1.29 is 80.2 Å². The third-order valence-corrected chi connectivity index (χ3v) is 16.5. The normalized spacial score (nSPS) is 14.4. The number of aliphatic hydroxyl groups is 1. The highest BCUT2D eigenvalue weighted by Crippen LogP contribution is 2.45. The lowest BCUT2D eigenvalue weighted by atomic mass is 10.0. The van der Waals surface area contributed by atoms with Crippen molar-refractivity contribution in [2.24, 2.45) is 23.7 Å². The molecule has 2 unspecified atom stereocenters. The van der Waals surface area contributed by atoms with E-state index in [0.717, 1.165) is 109 Å². The number of carbonyl (C=O) groups excluding carboxylic acids is 4. The van der Waals surface area contributed by atoms with Gasteiger partial charge in [0, 0.05) is 25.7 Å². The first-order chi connectivity index (χ1) is 39.6. The van der Waals surface area contributed by atoms with Crippen molar-refractivity contribution in [3.8, 4) is 0 Å². The van der Waals surface area contributed by atoms with Gasteiger partial charge in [-0.3, -0.25) is 37.3 Å². The quantitative estimate of drug-likeness (QED) is 0.0222. The molecule has 0 aromatic carbocycles. The van der Waals surface area contributed by atoms with E-state index in [1.54, 1.807) is 0 Å². The van der Waals surface area contributed by atoms with Gasteiger partial charge < -0.3 is 33.8 Å². The van der Waals surface area contributed by atoms with Crippen LogP contribution < -0.4 is 0 Å². The Morgan fingerprint density at radius 1 is 0.301 bits per heavy atom. The van der Waals surface area contributed by atoms with Crippen LogP contribution in [-0.2, 0) is 65.4 Å². The van der Waals surface area contributed by atoms with Gasteiger partial charge in [-0.2, -0.15) is 0 Å². The summed E-state index contributed by atoms with van der Waals surface area (Å²) in [4.78, 5) is 72.1. The van der Waals surface area contributed by atoms with Gasteiger partial charge >= 0.3 is 39.5 Å². The van der Waals surface area contributed by atoms with Crippen molar-refractivity contribution >= 4 is 39.5 Å². The van der Waals surface area contributed by atoms with Crippen molar-refractivity contribution in [2.45, 2.75) is 324 Å². The molecule has 19 heteroatoms. The molecule has 0 radical (unpaired) electrons. The lowest BCUT2D eigenvalue weighted by molar-refractivity contribution is -0.161. The van der Waals surface area contributed by atoms with Crippen LogP contribution in [0.2, 0.25) is 0 Å². The summed E-state index contributed by atoms with van der Waals surface area (Å²) in [5.74, 6) is 0.686. The molecule has 3 N–H and O–H groups in total. The molecule has 5 atom stereocenters. The molecule has 83 heavy (non-hydrogen) atoms. The molecule has 0 heterocycles. The first-order valence-electron chi connectivity index (χ1n) is 33.2. The monoisotopic (exact) mass is 1230 g/mol. The standard InChI is InChI=1S/C64H124O17P2/c1-54(2)40-32-24-16-13-11-9-10-12-14-18-30-38-46-63(68)80-59(51-75-62(67)45-37-29-22-20-26-34-42-56(5)6)52-78-82(70,71)76-48-58(65)49-77-83(72,73)79-53-60(81-64(69)47-39-31-23-21-27-35-43-57(7)8)50-74-61(66)44-36-28-19-15-17-25-33-41-55(3)4/h54-60,65H,9-53H2,1-8H3,(H,70,71)(H,72,73)/t58-,59+,60+/m0/s1. The Morgan fingerprint density at radius 3 is 0.747 bits per heavy atom. The highest BCUT2D eigenvalue weighted by molar-refractivity contribution is 7.47. The number of phosphoric acid groups is 2. The van der Waals surface area contributed by atoms with E-state index >= 15 is 0 Å². The Labute approximate surface area is 505 Å². The average Bonchev–Trinajstić information content (AvgIpc) is 3.43. The van der Waals surface area contributed by atoms with Crippen molar-refractivity contribution in [1.29, 1.82) is 0 Å². The van der Waals surface area contributed by atoms with Crippen molar-refractivity contribution in [1.82, 2.24) is 0 Å². The Bertz CT molecular complexity index is 1660. The minimum atomic E-state index is -4.95. The van der Waals surface area contributed by atoms with E-state index in [2.05, 4.69) is 55.4 Å². The van der Waals surface area contributed by atoms with Crippen LogP contribution in [0.15, 0.2) is 0 Å². The Morgan fingerprint density at radius 2 is 0.506 bits per heavy atom. The Kier molecular flexibility index (Phi) is 53.0. The summed E-state index contributed by atoms with van der Waals surface area (Å²) in [5.41, 5.74) is 0. The number of ether oxygens (including phenoxy) is 4. The van der Waals surface area contributed by atoms with Gasteiger partial charge in [0.2, 0.25) is 0 Å². The van der Waals surface area contributed by atoms with Gasteiger partial charge in [0.05, 0.1) is 26.4 Å². The van der Waals surface area contributed by atoms with Gasteiger partial charge in [-0.25, -0.2) is 9.13 Å². The maximum Gasteiger partial charge on any atom is 0.472 e. The molecule has 0 rings (SSSR count). The highest BCUT2D eigenvalue weighted by atomic mass is 31.2. The molecule has 0 fully saturated rings. The molecule has 0 aliphatic carbocycles. The number of hydrogen-bond acceptors (Lipinski definition) is 15. The number of unbranched alkanes of at least 4 members (excludes halogenated alkanes) is 27. The van der Waals surface area contributed by atoms with Gasteiger partial charge in [-0.15, -0.1) is 0 Å². The topological polar surface area (TPSA) is 237 Å². The summed E-state index contributed by atoms with van der Waals surface area (Å²) in [5, 5.41) is 10.5. The summed E-state index contributed by atoms with van der Waals surface area (Å²) < 4.78 is 67.9. The smallest absolute Gasteiger partial charge is 0.462 e. The molecule has 0 spiro atoms. The zero-order valence-electron chi connectivity index (χ0n) is 53.8. The fourth-order valence-electron chi connectivity index (χ4n) is 9.43. The zero-order valence-corrected chi connectivity index (χ0v) is 55.6. The second-order valence-corrected chi connectivity index (χ2v) is 28.0. The molecule has 17 nitrogen and oxygen atoms in total. The second kappa shape index (κ2) is 54.2. The SMILES string of the molecule is CC(C)CCCCCCCCCCCCCCC(=O)O[C@H](COC(=O)CCCCCCCCC(C)C)COP(=O)(O)OC[C@H](O)COP(=O)(O)OC[C@@H](COC(=O)CCCCCCCCCC(C)C)OC(=O)CCCCCCCCC(C)C. The van der Waals surface area contributed by atoms with Crippen LogP contribution in [0.4, 0.5) is 0 Å². The molecule has 0 aliphatic rings. The molecule has 0 saturated carbocycles. The van der Waals surface area contributed by atoms with Gasteiger partial charge in [-0.1, -0.05) is 254 Å². The number of esters is 4. The molecule has 0 aromatic rings. The van der Waals surface area contributed by atoms with Crippen LogP contribution in [-0.4, -0.2) is 96.7 Å². The molecule has 0 bridgehead atoms. The van der Waals surface area contributed by atoms with E-state index in [-0.39, 0.29) is 25.7 Å². The third-order valence-electron chi connectivity index (χ3n) is 14.6. The summed E-state index contributed by atoms with van der Waals surface area (Å²) in [7, 11) is -9.89. The van der Waals surface area contributed by atoms with Crippen molar-refractivity contribution in [3.63, 3.8) is 0 Å². The lowest BCUT2D eigenvalue weighted by Crippen LogP contribution is -2.30. The van der Waals surface area contributed by atoms with E-state index in [1.807, 2.05) is 0 Å². The van der Waals surface area contributed by atoms with E-state index < -0.39 is 97.5 Å². The summed E-state index contributed by atoms with van der Waals surface area (Å²) in [6.07, 6.45) is 33.9. The summed E-state index contributed by atoms with van der Waals surface area (Å²) in [6.45, 7) is 13.9. The van der Waals surface area contributed by atoms with Crippen LogP contribution in [0.25, 0.3) is 0 Å². The molecule has 0 aromatic heterocycles. The highest BCUT2D eigenvalue weighted by Gasteiger charge is 2.30. The molecule has 492 valence electrons. The zero-order chi connectivity index (χ0) is 61.8. The second-order valence-electron chi connectivity index (χ2n) is 25.1. The largest absolute Gasteiger partial charge is 0.472 e. The number of carbonyl (C=O) groups is 4.